The summed E-state index contributed by atoms with van der Waals surface area (Å²) in [4.78, 5) is 12.1. The van der Waals surface area contributed by atoms with E-state index in [-0.39, 0.29) is 5.56 Å². The highest BCUT2D eigenvalue weighted by molar-refractivity contribution is 5.99. The molecule has 0 unspecified atom stereocenters. The zero-order chi connectivity index (χ0) is 15.1. The number of aliphatic hydroxyl groups is 2. The Balaban J connectivity index is 2.83. The maximum atomic E-state index is 12.1. The topological polar surface area (TPSA) is 85.2 Å². The first-order valence-electron chi connectivity index (χ1n) is 6.21. The van der Waals surface area contributed by atoms with Gasteiger partial charge in [0.05, 0.1) is 26.9 Å². The zero-order valence-corrected chi connectivity index (χ0v) is 11.9. The van der Waals surface area contributed by atoms with Crippen molar-refractivity contribution in [3.63, 3.8) is 0 Å². The van der Waals surface area contributed by atoms with Gasteiger partial charge in [0.2, 0.25) is 0 Å². The fourth-order valence-electron chi connectivity index (χ4n) is 2.64. The molecule has 1 heterocycles. The number of carbonyl (C=O) groups is 1. The molecule has 0 aliphatic carbocycles. The molecule has 0 saturated heterocycles. The first-order chi connectivity index (χ1) is 9.42. The van der Waals surface area contributed by atoms with Gasteiger partial charge in [0.25, 0.3) is 0 Å². The van der Waals surface area contributed by atoms with Crippen LogP contribution in [0.1, 0.15) is 28.4 Å². The number of esters is 1. The summed E-state index contributed by atoms with van der Waals surface area (Å²) < 4.78 is 15.7. The quantitative estimate of drug-likeness (QED) is 0.793. The molecule has 6 nitrogen and oxygen atoms in total. The van der Waals surface area contributed by atoms with Crippen molar-refractivity contribution in [1.29, 1.82) is 0 Å². The molecule has 1 aliphatic heterocycles. The van der Waals surface area contributed by atoms with E-state index in [1.807, 2.05) is 0 Å². The van der Waals surface area contributed by atoms with E-state index >= 15 is 0 Å². The molecule has 0 saturated carbocycles. The van der Waals surface area contributed by atoms with E-state index in [0.717, 1.165) is 0 Å². The van der Waals surface area contributed by atoms with E-state index in [4.69, 9.17) is 14.2 Å². The van der Waals surface area contributed by atoms with Gasteiger partial charge in [-0.05, 0) is 19.4 Å². The number of hydrogen-bond donors (Lipinski definition) is 2. The van der Waals surface area contributed by atoms with Crippen molar-refractivity contribution in [2.24, 2.45) is 0 Å². The minimum atomic E-state index is -1.49. The number of aliphatic hydroxyl groups excluding tert-OH is 2. The molecular formula is C14H18O6. The van der Waals surface area contributed by atoms with Gasteiger partial charge in [-0.1, -0.05) is 0 Å². The van der Waals surface area contributed by atoms with Gasteiger partial charge in [-0.15, -0.1) is 0 Å². The van der Waals surface area contributed by atoms with Crippen molar-refractivity contribution in [1.82, 2.24) is 0 Å². The Morgan fingerprint density at radius 3 is 2.40 bits per heavy atom. The third-order valence-electron chi connectivity index (χ3n) is 3.75. The Bertz CT molecular complexity index is 551. The number of cyclic esters (lactones) is 1. The molecule has 0 spiro atoms. The molecule has 1 aromatic rings. The molecule has 2 rings (SSSR count). The second kappa shape index (κ2) is 4.96. The fourth-order valence-corrected chi connectivity index (χ4v) is 2.64. The third kappa shape index (κ3) is 1.76. The Labute approximate surface area is 116 Å². The van der Waals surface area contributed by atoms with Crippen LogP contribution in [0.15, 0.2) is 6.07 Å². The summed E-state index contributed by atoms with van der Waals surface area (Å²) in [5.74, 6) is 0.165. The van der Waals surface area contributed by atoms with Crippen LogP contribution in [0.25, 0.3) is 0 Å². The van der Waals surface area contributed by atoms with Crippen molar-refractivity contribution >= 4 is 5.97 Å². The lowest BCUT2D eigenvalue weighted by molar-refractivity contribution is -0.104. The number of hydrogen-bond acceptors (Lipinski definition) is 6. The lowest BCUT2D eigenvalue weighted by atomic mass is 9.84. The SMILES string of the molecule is COc1cc(OC)c2c(c1C)[C@](CO)([C@@H](C)O)OC2=O. The van der Waals surface area contributed by atoms with Gasteiger partial charge in [-0.2, -0.15) is 0 Å². The number of rotatable bonds is 4. The van der Waals surface area contributed by atoms with Crippen LogP contribution in [0.2, 0.25) is 0 Å². The largest absolute Gasteiger partial charge is 0.496 e. The average molecular weight is 282 g/mol. The molecule has 0 radical (unpaired) electrons. The van der Waals surface area contributed by atoms with E-state index in [2.05, 4.69) is 0 Å². The van der Waals surface area contributed by atoms with Crippen LogP contribution in [0.4, 0.5) is 0 Å². The maximum Gasteiger partial charge on any atom is 0.343 e. The van der Waals surface area contributed by atoms with Gasteiger partial charge in [0.15, 0.2) is 5.60 Å². The summed E-state index contributed by atoms with van der Waals surface area (Å²) >= 11 is 0. The number of fused-ring (bicyclic) bond motifs is 1. The van der Waals surface area contributed by atoms with Crippen molar-refractivity contribution in [2.45, 2.75) is 25.6 Å². The summed E-state index contributed by atoms with van der Waals surface area (Å²) in [5.41, 5.74) is -0.223. The summed E-state index contributed by atoms with van der Waals surface area (Å²) in [6, 6.07) is 1.59. The fraction of sp³-hybridized carbons (Fsp3) is 0.500. The molecular weight excluding hydrogens is 264 g/mol. The Hall–Kier alpha value is -1.79. The van der Waals surface area contributed by atoms with E-state index in [0.29, 0.717) is 22.6 Å². The monoisotopic (exact) mass is 282 g/mol. The van der Waals surface area contributed by atoms with Gasteiger partial charge in [0.1, 0.15) is 17.1 Å². The van der Waals surface area contributed by atoms with Crippen LogP contribution in [0.5, 0.6) is 11.5 Å². The normalized spacial score (nSPS) is 22.2. The second-order valence-corrected chi connectivity index (χ2v) is 4.77. The number of carbonyl (C=O) groups excluding carboxylic acids is 1. The van der Waals surface area contributed by atoms with Crippen LogP contribution in [-0.2, 0) is 10.3 Å². The smallest absolute Gasteiger partial charge is 0.343 e. The molecule has 0 amide bonds. The van der Waals surface area contributed by atoms with Crippen molar-refractivity contribution in [3.05, 3.63) is 22.8 Å². The van der Waals surface area contributed by atoms with E-state index in [1.54, 1.807) is 13.0 Å². The molecule has 1 aliphatic rings. The van der Waals surface area contributed by atoms with Crippen LogP contribution < -0.4 is 9.47 Å². The van der Waals surface area contributed by atoms with Crippen LogP contribution >= 0.6 is 0 Å². The van der Waals surface area contributed by atoms with Crippen molar-refractivity contribution in [3.8, 4) is 11.5 Å². The Kier molecular flexibility index (Phi) is 3.62. The van der Waals surface area contributed by atoms with Crippen LogP contribution in [0, 0.1) is 6.92 Å². The summed E-state index contributed by atoms with van der Waals surface area (Å²) in [7, 11) is 2.92. The highest BCUT2D eigenvalue weighted by atomic mass is 16.6. The van der Waals surface area contributed by atoms with Gasteiger partial charge in [0, 0.05) is 11.6 Å². The number of ether oxygens (including phenoxy) is 3. The van der Waals surface area contributed by atoms with E-state index in [1.165, 1.54) is 21.1 Å². The molecule has 1 aromatic carbocycles. The highest BCUT2D eigenvalue weighted by Gasteiger charge is 2.52. The molecule has 2 N–H and O–H groups in total. The maximum absolute atomic E-state index is 12.1. The predicted molar refractivity (Wildman–Crippen MR) is 70.1 cm³/mol. The zero-order valence-electron chi connectivity index (χ0n) is 11.9. The second-order valence-electron chi connectivity index (χ2n) is 4.77. The summed E-state index contributed by atoms with van der Waals surface area (Å²) in [5, 5.41) is 19.7. The lowest BCUT2D eigenvalue weighted by Crippen LogP contribution is -2.42. The molecule has 0 bridgehead atoms. The van der Waals surface area contributed by atoms with E-state index < -0.39 is 24.3 Å². The minimum Gasteiger partial charge on any atom is -0.496 e. The summed E-state index contributed by atoms with van der Waals surface area (Å²) in [6.45, 7) is 2.68. The molecule has 110 valence electrons. The van der Waals surface area contributed by atoms with Crippen molar-refractivity contribution in [2.75, 3.05) is 20.8 Å². The van der Waals surface area contributed by atoms with Gasteiger partial charge in [-0.25, -0.2) is 4.79 Å². The van der Waals surface area contributed by atoms with Gasteiger partial charge in [-0.3, -0.25) is 0 Å². The first kappa shape index (κ1) is 14.6. The highest BCUT2D eigenvalue weighted by Crippen LogP contribution is 2.47. The van der Waals surface area contributed by atoms with Gasteiger partial charge >= 0.3 is 5.97 Å². The third-order valence-corrected chi connectivity index (χ3v) is 3.75. The van der Waals surface area contributed by atoms with Crippen LogP contribution in [0.3, 0.4) is 0 Å². The molecule has 0 aromatic heterocycles. The molecule has 2 atom stereocenters. The summed E-state index contributed by atoms with van der Waals surface area (Å²) in [6.07, 6.45) is -1.08. The van der Waals surface area contributed by atoms with Crippen LogP contribution in [-0.4, -0.2) is 43.1 Å². The Morgan fingerprint density at radius 1 is 1.35 bits per heavy atom. The molecule has 0 fully saturated rings. The lowest BCUT2D eigenvalue weighted by Gasteiger charge is -2.31. The Morgan fingerprint density at radius 2 is 1.95 bits per heavy atom. The van der Waals surface area contributed by atoms with E-state index in [9.17, 15) is 15.0 Å². The standard InChI is InChI=1S/C14H18O6/c1-7-9(18-3)5-10(19-4)11-12(7)14(6-15,8(2)16)20-13(11)17/h5,8,15-16H,6H2,1-4H3/t8-,14+/m1/s1. The van der Waals surface area contributed by atoms with Gasteiger partial charge < -0.3 is 24.4 Å². The first-order valence-corrected chi connectivity index (χ1v) is 6.21. The van der Waals surface area contributed by atoms with Crippen molar-refractivity contribution < 1.29 is 29.2 Å². The average Bonchev–Trinajstić information content (AvgIpc) is 2.74. The number of methoxy groups -OCH3 is 2. The predicted octanol–water partition coefficient (Wildman–Crippen LogP) is 0.751. The number of benzene rings is 1. The molecule has 6 heteroatoms. The minimum absolute atomic E-state index is 0.223. The molecule has 20 heavy (non-hydrogen) atoms.